The van der Waals surface area contributed by atoms with Crippen molar-refractivity contribution in [3.63, 3.8) is 0 Å². The highest BCUT2D eigenvalue weighted by Crippen LogP contribution is 2.41. The van der Waals surface area contributed by atoms with Gasteiger partial charge in [-0.3, -0.25) is 4.90 Å². The number of hydrogen-bond donors (Lipinski definition) is 1. The van der Waals surface area contributed by atoms with E-state index in [2.05, 4.69) is 17.9 Å². The third-order valence-electron chi connectivity index (χ3n) is 5.57. The van der Waals surface area contributed by atoms with Gasteiger partial charge in [-0.15, -0.1) is 0 Å². The Kier molecular flexibility index (Phi) is 7.59. The number of esters is 1. The quantitative estimate of drug-likeness (QED) is 0.634. The van der Waals surface area contributed by atoms with Crippen LogP contribution in [-0.4, -0.2) is 37.2 Å². The van der Waals surface area contributed by atoms with Crippen LogP contribution >= 0.6 is 0 Å². The Balaban J connectivity index is 2.06. The van der Waals surface area contributed by atoms with Crippen LogP contribution in [0.15, 0.2) is 41.0 Å². The number of nitrogens with two attached hydrogens (primary N) is 1. The minimum atomic E-state index is -0.643. The lowest BCUT2D eigenvalue weighted by Gasteiger charge is -2.28. The van der Waals surface area contributed by atoms with Gasteiger partial charge in [-0.2, -0.15) is 5.26 Å². The summed E-state index contributed by atoms with van der Waals surface area (Å²) in [5.74, 6) is 0.0595. The van der Waals surface area contributed by atoms with E-state index in [9.17, 15) is 10.1 Å². The molecule has 1 saturated heterocycles. The summed E-state index contributed by atoms with van der Waals surface area (Å²) in [6.45, 7) is 9.22. The van der Waals surface area contributed by atoms with Crippen molar-refractivity contribution in [1.82, 2.24) is 4.90 Å². The Labute approximate surface area is 184 Å². The second-order valence-electron chi connectivity index (χ2n) is 7.81. The maximum atomic E-state index is 12.8. The first-order chi connectivity index (χ1) is 15.0. The van der Waals surface area contributed by atoms with E-state index >= 15 is 0 Å². The lowest BCUT2D eigenvalue weighted by molar-refractivity contribution is -0.139. The number of carbonyl (C=O) groups is 1. The molecule has 1 unspecified atom stereocenters. The normalized spacial score (nSPS) is 19.2. The Morgan fingerprint density at radius 2 is 2.06 bits per heavy atom. The first-order valence-corrected chi connectivity index (χ1v) is 10.9. The topological polar surface area (TPSA) is 97.8 Å². The smallest absolute Gasteiger partial charge is 0.338 e. The molecule has 1 atom stereocenters. The van der Waals surface area contributed by atoms with E-state index in [0.717, 1.165) is 42.9 Å². The van der Waals surface area contributed by atoms with Gasteiger partial charge in [0.25, 0.3) is 0 Å². The molecule has 0 radical (unpaired) electrons. The molecule has 0 spiro atoms. The first-order valence-electron chi connectivity index (χ1n) is 10.9. The van der Waals surface area contributed by atoms with E-state index in [4.69, 9.17) is 19.9 Å². The Morgan fingerprint density at radius 1 is 1.32 bits per heavy atom. The summed E-state index contributed by atoms with van der Waals surface area (Å²) in [4.78, 5) is 15.2. The van der Waals surface area contributed by atoms with Gasteiger partial charge in [-0.25, -0.2) is 4.79 Å². The van der Waals surface area contributed by atoms with E-state index in [1.807, 2.05) is 18.2 Å². The van der Waals surface area contributed by atoms with Crippen molar-refractivity contribution >= 4 is 5.97 Å². The second kappa shape index (κ2) is 10.4. The predicted octanol–water partition coefficient (Wildman–Crippen LogP) is 3.72. The average Bonchev–Trinajstić information content (AvgIpc) is 3.25. The van der Waals surface area contributed by atoms with Crippen molar-refractivity contribution in [3.8, 4) is 11.8 Å². The highest BCUT2D eigenvalue weighted by Gasteiger charge is 2.36. The zero-order valence-electron chi connectivity index (χ0n) is 18.6. The van der Waals surface area contributed by atoms with E-state index in [1.54, 1.807) is 13.8 Å². The van der Waals surface area contributed by atoms with Gasteiger partial charge in [0.1, 0.15) is 23.2 Å². The van der Waals surface area contributed by atoms with Gasteiger partial charge in [0, 0.05) is 12.1 Å². The fraction of sp³-hybridized carbons (Fsp3) is 0.500. The van der Waals surface area contributed by atoms with Crippen LogP contribution in [-0.2, 0) is 20.8 Å². The Hall–Kier alpha value is -2.98. The monoisotopic (exact) mass is 425 g/mol. The van der Waals surface area contributed by atoms with Gasteiger partial charge in [0.05, 0.1) is 24.7 Å². The second-order valence-corrected chi connectivity index (χ2v) is 7.81. The summed E-state index contributed by atoms with van der Waals surface area (Å²) in [7, 11) is 0. The number of rotatable bonds is 8. The number of likely N-dealkylation sites (tertiary alicyclic amines) is 1. The maximum Gasteiger partial charge on any atom is 0.338 e. The van der Waals surface area contributed by atoms with Crippen molar-refractivity contribution in [1.29, 1.82) is 5.26 Å². The number of benzene rings is 1. The molecular weight excluding hydrogens is 394 g/mol. The molecule has 0 amide bonds. The van der Waals surface area contributed by atoms with Gasteiger partial charge < -0.3 is 19.9 Å². The van der Waals surface area contributed by atoms with Gasteiger partial charge in [0.15, 0.2) is 0 Å². The zero-order chi connectivity index (χ0) is 22.4. The molecule has 2 N–H and O–H groups in total. The molecule has 1 aromatic carbocycles. The zero-order valence-corrected chi connectivity index (χ0v) is 18.6. The lowest BCUT2D eigenvalue weighted by Crippen LogP contribution is -2.26. The molecule has 1 fully saturated rings. The molecule has 31 heavy (non-hydrogen) atoms. The summed E-state index contributed by atoms with van der Waals surface area (Å²) >= 11 is 0. The van der Waals surface area contributed by atoms with E-state index in [0.29, 0.717) is 17.9 Å². The van der Waals surface area contributed by atoms with Crippen molar-refractivity contribution in [2.45, 2.75) is 52.5 Å². The average molecular weight is 426 g/mol. The Morgan fingerprint density at radius 3 is 2.71 bits per heavy atom. The van der Waals surface area contributed by atoms with Crippen LogP contribution in [0.25, 0.3) is 0 Å². The van der Waals surface area contributed by atoms with Gasteiger partial charge in [-0.05, 0) is 63.9 Å². The van der Waals surface area contributed by atoms with Crippen LogP contribution in [0.5, 0.6) is 5.75 Å². The summed E-state index contributed by atoms with van der Waals surface area (Å²) < 4.78 is 16.8. The van der Waals surface area contributed by atoms with Crippen LogP contribution in [0.3, 0.4) is 0 Å². The molecule has 0 aromatic heterocycles. The fourth-order valence-electron chi connectivity index (χ4n) is 4.13. The molecule has 0 saturated carbocycles. The number of carbonyl (C=O) groups excluding carboxylic acids is 1. The van der Waals surface area contributed by atoms with Crippen molar-refractivity contribution < 1.29 is 19.0 Å². The van der Waals surface area contributed by atoms with Gasteiger partial charge >= 0.3 is 5.97 Å². The van der Waals surface area contributed by atoms with Gasteiger partial charge in [0.2, 0.25) is 5.88 Å². The van der Waals surface area contributed by atoms with Crippen LogP contribution in [0.2, 0.25) is 0 Å². The minimum absolute atomic E-state index is 0.0189. The van der Waals surface area contributed by atoms with Crippen LogP contribution in [0.1, 0.15) is 57.1 Å². The van der Waals surface area contributed by atoms with Crippen molar-refractivity contribution in [3.05, 3.63) is 52.1 Å². The molecule has 1 aromatic rings. The predicted molar refractivity (Wildman–Crippen MR) is 117 cm³/mol. The first kappa shape index (κ1) is 22.7. The molecule has 2 heterocycles. The number of ether oxygens (including phenoxy) is 3. The molecule has 2 aliphatic heterocycles. The number of hydrogen-bond acceptors (Lipinski definition) is 7. The largest absolute Gasteiger partial charge is 0.493 e. The number of allylic oxidation sites excluding steroid dienone is 2. The summed E-state index contributed by atoms with van der Waals surface area (Å²) in [6, 6.07) is 7.98. The number of nitriles is 1. The molecule has 0 bridgehead atoms. The number of nitrogens with zero attached hydrogens (tertiary/aromatic N) is 2. The van der Waals surface area contributed by atoms with E-state index in [-0.39, 0.29) is 18.1 Å². The standard InChI is InChI=1S/C24H31N3O4/c1-4-12-30-20-9-8-17(13-18(20)15-27-10-6-7-11-27)22-19(14-25)23(26)31-16(3)21(22)24(28)29-5-2/h8-9,13,22H,4-7,10-12,15,26H2,1-3H3. The van der Waals surface area contributed by atoms with E-state index < -0.39 is 11.9 Å². The fourth-order valence-corrected chi connectivity index (χ4v) is 4.13. The summed E-state index contributed by atoms with van der Waals surface area (Å²) in [5, 5.41) is 9.80. The van der Waals surface area contributed by atoms with Crippen LogP contribution < -0.4 is 10.5 Å². The third kappa shape index (κ3) is 5.02. The van der Waals surface area contributed by atoms with Crippen LogP contribution in [0.4, 0.5) is 0 Å². The maximum absolute atomic E-state index is 12.8. The minimum Gasteiger partial charge on any atom is -0.493 e. The molecule has 3 rings (SSSR count). The van der Waals surface area contributed by atoms with Crippen LogP contribution in [0, 0.1) is 11.3 Å². The summed E-state index contributed by atoms with van der Waals surface area (Å²) in [6.07, 6.45) is 3.30. The van der Waals surface area contributed by atoms with Crippen molar-refractivity contribution in [2.75, 3.05) is 26.3 Å². The highest BCUT2D eigenvalue weighted by atomic mass is 16.5. The molecule has 2 aliphatic rings. The highest BCUT2D eigenvalue weighted by molar-refractivity contribution is 5.92. The molecule has 7 nitrogen and oxygen atoms in total. The molecular formula is C24H31N3O4. The summed E-state index contributed by atoms with van der Waals surface area (Å²) in [5.41, 5.74) is 8.38. The third-order valence-corrected chi connectivity index (χ3v) is 5.57. The molecule has 166 valence electrons. The molecule has 7 heteroatoms. The van der Waals surface area contributed by atoms with E-state index in [1.165, 1.54) is 12.8 Å². The SMILES string of the molecule is CCCOc1ccc(C2C(C#N)=C(N)OC(C)=C2C(=O)OCC)cc1CN1CCCC1. The van der Waals surface area contributed by atoms with Crippen molar-refractivity contribution in [2.24, 2.45) is 5.73 Å². The molecule has 0 aliphatic carbocycles. The lowest BCUT2D eigenvalue weighted by atomic mass is 9.82. The van der Waals surface area contributed by atoms with Gasteiger partial charge in [-0.1, -0.05) is 13.0 Å². The Bertz CT molecular complexity index is 923.